The van der Waals surface area contributed by atoms with Gasteiger partial charge >= 0.3 is 0 Å². The van der Waals surface area contributed by atoms with E-state index in [1.165, 1.54) is 29.0 Å². The van der Waals surface area contributed by atoms with Crippen molar-refractivity contribution >= 4 is 39.4 Å². The van der Waals surface area contributed by atoms with Crippen LogP contribution in [0.4, 0.5) is 5.69 Å². The molecule has 1 aromatic rings. The van der Waals surface area contributed by atoms with Gasteiger partial charge in [0.2, 0.25) is 15.9 Å². The molecule has 0 atom stereocenters. The molecule has 3 heterocycles. The summed E-state index contributed by atoms with van der Waals surface area (Å²) >= 11 is 0. The van der Waals surface area contributed by atoms with Crippen molar-refractivity contribution in [2.24, 2.45) is 10.9 Å². The molecule has 2 N–H and O–H groups in total. The highest BCUT2D eigenvalue weighted by atomic mass is 32.2. The largest absolute Gasteiger partial charge is 0.326 e. The Kier molecular flexibility index (Phi) is 5.41. The predicted octanol–water partition coefficient (Wildman–Crippen LogP) is 2.42. The van der Waals surface area contributed by atoms with Gasteiger partial charge in [0.25, 0.3) is 5.91 Å². The van der Waals surface area contributed by atoms with E-state index in [2.05, 4.69) is 10.6 Å². The summed E-state index contributed by atoms with van der Waals surface area (Å²) < 4.78 is 27.3. The minimum atomic E-state index is -3.64. The first-order valence-electron chi connectivity index (χ1n) is 11.4. The summed E-state index contributed by atoms with van der Waals surface area (Å²) in [5.41, 5.74) is 1.44. The van der Waals surface area contributed by atoms with Crippen LogP contribution in [0.3, 0.4) is 0 Å². The fourth-order valence-electron chi connectivity index (χ4n) is 5.24. The lowest BCUT2D eigenvalue weighted by molar-refractivity contribution is -0.125. The molecule has 2 amide bonds. The number of hydrogen-bond acceptors (Lipinski definition) is 5. The van der Waals surface area contributed by atoms with Crippen molar-refractivity contribution in [3.05, 3.63) is 34.7 Å². The monoisotopic (exact) mass is 456 g/mol. The van der Waals surface area contributed by atoms with Gasteiger partial charge in [-0.15, -0.1) is 0 Å². The molecule has 1 aromatic carbocycles. The number of aliphatic imine (C=N–C) groups is 1. The fourth-order valence-corrected chi connectivity index (χ4v) is 6.42. The minimum Gasteiger partial charge on any atom is -0.326 e. The molecule has 0 bridgehead atoms. The zero-order valence-electron chi connectivity index (χ0n) is 18.0. The van der Waals surface area contributed by atoms with E-state index in [9.17, 15) is 18.0 Å². The number of sulfonamides is 1. The summed E-state index contributed by atoms with van der Waals surface area (Å²) in [6.45, 7) is 0.517. The van der Waals surface area contributed by atoms with Crippen LogP contribution in [0.5, 0.6) is 0 Å². The Morgan fingerprint density at radius 2 is 1.81 bits per heavy atom. The highest BCUT2D eigenvalue weighted by Crippen LogP contribution is 2.35. The van der Waals surface area contributed by atoms with Gasteiger partial charge in [-0.05, 0) is 49.0 Å². The van der Waals surface area contributed by atoms with Gasteiger partial charge in [-0.25, -0.2) is 8.42 Å². The van der Waals surface area contributed by atoms with E-state index in [0.717, 1.165) is 35.5 Å². The molecule has 9 heteroatoms. The lowest BCUT2D eigenvalue weighted by Gasteiger charge is -2.34. The van der Waals surface area contributed by atoms with E-state index >= 15 is 0 Å². The molecule has 4 aliphatic rings. The number of amidine groups is 1. The Morgan fingerprint density at radius 1 is 1.06 bits per heavy atom. The Labute approximate surface area is 188 Å². The number of hydrogen-bond donors (Lipinski definition) is 2. The zero-order chi connectivity index (χ0) is 22.3. The van der Waals surface area contributed by atoms with Crippen molar-refractivity contribution in [3.63, 3.8) is 0 Å². The van der Waals surface area contributed by atoms with Crippen molar-refractivity contribution in [2.45, 2.75) is 56.9 Å². The lowest BCUT2D eigenvalue weighted by atomic mass is 9.88. The summed E-state index contributed by atoms with van der Waals surface area (Å²) in [6.07, 6.45) is 8.28. The van der Waals surface area contributed by atoms with Crippen molar-refractivity contribution in [1.82, 2.24) is 9.62 Å². The molecule has 5 rings (SSSR count). The van der Waals surface area contributed by atoms with Gasteiger partial charge in [-0.2, -0.15) is 4.31 Å². The van der Waals surface area contributed by atoms with Gasteiger partial charge in [0.15, 0.2) is 0 Å². The number of anilines is 1. The van der Waals surface area contributed by atoms with Crippen molar-refractivity contribution in [2.75, 3.05) is 18.4 Å². The van der Waals surface area contributed by atoms with Crippen LogP contribution < -0.4 is 10.6 Å². The zero-order valence-corrected chi connectivity index (χ0v) is 18.8. The molecule has 0 unspecified atom stereocenters. The molecule has 1 aliphatic carbocycles. The number of amides is 2. The van der Waals surface area contributed by atoms with Gasteiger partial charge in [0.05, 0.1) is 6.42 Å². The van der Waals surface area contributed by atoms with Gasteiger partial charge in [0, 0.05) is 30.1 Å². The van der Waals surface area contributed by atoms with Crippen LogP contribution in [0.1, 0.15) is 56.1 Å². The molecule has 0 aromatic heterocycles. The topological polar surface area (TPSA) is 108 Å². The maximum Gasteiger partial charge on any atom is 0.253 e. The number of piperidine rings is 1. The molecular formula is C23H28N4O4S. The molecule has 0 radical (unpaired) electrons. The second kappa shape index (κ2) is 8.12. The average Bonchev–Trinajstić information content (AvgIpc) is 3.33. The maximum absolute atomic E-state index is 12.9. The van der Waals surface area contributed by atoms with Crippen LogP contribution in [-0.4, -0.2) is 49.0 Å². The third-order valence-electron chi connectivity index (χ3n) is 7.14. The van der Waals surface area contributed by atoms with Crippen molar-refractivity contribution in [1.29, 1.82) is 0 Å². The quantitative estimate of drug-likeness (QED) is 0.725. The number of nitrogens with zero attached hydrogens (tertiary/aromatic N) is 2. The number of fused-ring (bicyclic) bond motifs is 1. The van der Waals surface area contributed by atoms with Crippen LogP contribution in [0.25, 0.3) is 6.08 Å². The predicted molar refractivity (Wildman–Crippen MR) is 122 cm³/mol. The van der Waals surface area contributed by atoms with Crippen LogP contribution in [0, 0.1) is 5.92 Å². The van der Waals surface area contributed by atoms with Crippen molar-refractivity contribution in [3.8, 4) is 0 Å². The molecule has 1 saturated carbocycles. The summed E-state index contributed by atoms with van der Waals surface area (Å²) in [6, 6.07) is 5.41. The maximum atomic E-state index is 12.9. The molecule has 170 valence electrons. The summed E-state index contributed by atoms with van der Waals surface area (Å²) in [5.74, 6) is 0.966. The van der Waals surface area contributed by atoms with Gasteiger partial charge in [-0.3, -0.25) is 14.6 Å². The van der Waals surface area contributed by atoms with E-state index in [-0.39, 0.29) is 31.3 Å². The molecule has 3 aliphatic heterocycles. The van der Waals surface area contributed by atoms with Crippen molar-refractivity contribution < 1.29 is 18.0 Å². The fraction of sp³-hybridized carbons (Fsp3) is 0.522. The Balaban J connectivity index is 1.27. The number of carbonyl (C=O) groups excluding carboxylic acids is 2. The van der Waals surface area contributed by atoms with Crippen LogP contribution in [0.15, 0.2) is 28.6 Å². The highest BCUT2D eigenvalue weighted by molar-refractivity contribution is 7.92. The van der Waals surface area contributed by atoms with Crippen LogP contribution >= 0.6 is 0 Å². The van der Waals surface area contributed by atoms with E-state index < -0.39 is 15.6 Å². The first-order valence-corrected chi connectivity index (χ1v) is 12.9. The molecule has 32 heavy (non-hydrogen) atoms. The van der Waals surface area contributed by atoms with E-state index in [1.807, 2.05) is 6.07 Å². The first kappa shape index (κ1) is 21.3. The molecular weight excluding hydrogens is 428 g/mol. The molecule has 2 fully saturated rings. The SMILES string of the molecule is O=C1Cc2c(C=CS(=O)(=O)N3CCC4(CC3)N=C(C3CCCCC3)NC4=O)cccc2N1. The number of benzene rings is 1. The standard InChI is InChI=1S/C23H28N4O4S/c28-20-15-18-16(7-4-8-19(18)24-20)9-14-32(30,31)27-12-10-23(11-13-27)22(29)25-21(26-23)17-5-2-1-3-6-17/h4,7-9,14,17H,1-3,5-6,10-13,15H2,(H,24,28)(H,25,26,29). The number of carbonyl (C=O) groups is 2. The molecule has 8 nitrogen and oxygen atoms in total. The second-order valence-corrected chi connectivity index (χ2v) is 11.0. The average molecular weight is 457 g/mol. The van der Waals surface area contributed by atoms with E-state index in [1.54, 1.807) is 18.2 Å². The summed E-state index contributed by atoms with van der Waals surface area (Å²) in [7, 11) is -3.64. The van der Waals surface area contributed by atoms with Crippen LogP contribution in [-0.2, 0) is 26.0 Å². The Bertz CT molecular complexity index is 1110. The highest BCUT2D eigenvalue weighted by Gasteiger charge is 2.48. The van der Waals surface area contributed by atoms with E-state index in [0.29, 0.717) is 18.8 Å². The van der Waals surface area contributed by atoms with E-state index in [4.69, 9.17) is 4.99 Å². The normalized spacial score (nSPS) is 23.9. The Morgan fingerprint density at radius 3 is 2.56 bits per heavy atom. The number of nitrogens with one attached hydrogen (secondary N) is 2. The first-order chi connectivity index (χ1) is 15.4. The summed E-state index contributed by atoms with van der Waals surface area (Å²) in [5, 5.41) is 6.99. The minimum absolute atomic E-state index is 0.0809. The summed E-state index contributed by atoms with van der Waals surface area (Å²) in [4.78, 5) is 29.3. The Hall–Kier alpha value is -2.52. The van der Waals surface area contributed by atoms with Crippen LogP contribution in [0.2, 0.25) is 0 Å². The third-order valence-corrected chi connectivity index (χ3v) is 8.71. The van der Waals surface area contributed by atoms with Gasteiger partial charge in [0.1, 0.15) is 11.4 Å². The van der Waals surface area contributed by atoms with Gasteiger partial charge < -0.3 is 10.6 Å². The lowest BCUT2D eigenvalue weighted by Crippen LogP contribution is -2.50. The number of rotatable bonds is 4. The molecule has 1 saturated heterocycles. The smallest absolute Gasteiger partial charge is 0.253 e. The third kappa shape index (κ3) is 3.88. The molecule has 1 spiro atoms. The van der Waals surface area contributed by atoms with Gasteiger partial charge in [-0.1, -0.05) is 31.4 Å². The second-order valence-electron chi connectivity index (χ2n) is 9.16.